The van der Waals surface area contributed by atoms with Gasteiger partial charge in [0.2, 0.25) is 0 Å². The van der Waals surface area contributed by atoms with E-state index in [0.29, 0.717) is 0 Å². The SMILES string of the molecule is CCCCCCC.c1cnnnn1. The molecule has 1 aromatic heterocycles. The Hall–Kier alpha value is -1.06. The fraction of sp³-hybridized carbons (Fsp3) is 0.778. The van der Waals surface area contributed by atoms with E-state index in [1.54, 1.807) is 0 Å². The maximum Gasteiger partial charge on any atom is 0.0716 e. The quantitative estimate of drug-likeness (QED) is 0.670. The molecular weight excluding hydrogens is 164 g/mol. The molecule has 0 aliphatic carbocycles. The van der Waals surface area contributed by atoms with Crippen LogP contribution in [0, 0.1) is 0 Å². The van der Waals surface area contributed by atoms with E-state index in [4.69, 9.17) is 0 Å². The molecule has 4 nitrogen and oxygen atoms in total. The largest absolute Gasteiger partial charge is 0.136 e. The van der Waals surface area contributed by atoms with Crippen LogP contribution in [-0.2, 0) is 0 Å². The van der Waals surface area contributed by atoms with Gasteiger partial charge in [-0.25, -0.2) is 0 Å². The first-order chi connectivity index (χ1) is 6.41. The summed E-state index contributed by atoms with van der Waals surface area (Å²) in [5.41, 5.74) is 0. The van der Waals surface area contributed by atoms with E-state index in [0.717, 1.165) is 0 Å². The third kappa shape index (κ3) is 10.9. The molecule has 4 heteroatoms. The van der Waals surface area contributed by atoms with Crippen molar-refractivity contribution in [2.75, 3.05) is 0 Å². The molecular formula is C9H18N4. The zero-order valence-electron chi connectivity index (χ0n) is 8.48. The number of rotatable bonds is 4. The minimum absolute atomic E-state index is 1.36. The van der Waals surface area contributed by atoms with Crippen LogP contribution < -0.4 is 0 Å². The number of nitrogens with zero attached hydrogens (tertiary/aromatic N) is 4. The van der Waals surface area contributed by atoms with Crippen molar-refractivity contribution in [3.05, 3.63) is 12.4 Å². The van der Waals surface area contributed by atoms with Gasteiger partial charge in [-0.05, 0) is 10.4 Å². The molecule has 0 spiro atoms. The molecule has 0 aliphatic heterocycles. The molecule has 13 heavy (non-hydrogen) atoms. The van der Waals surface area contributed by atoms with E-state index in [-0.39, 0.29) is 0 Å². The highest BCUT2D eigenvalue weighted by Gasteiger charge is 1.80. The molecule has 0 N–H and O–H groups in total. The third-order valence-electron chi connectivity index (χ3n) is 1.55. The first-order valence-electron chi connectivity index (χ1n) is 4.86. The Morgan fingerprint density at radius 1 is 0.769 bits per heavy atom. The first kappa shape index (κ1) is 11.9. The molecule has 0 radical (unpaired) electrons. The predicted octanol–water partition coefficient (Wildman–Crippen LogP) is 2.24. The third-order valence-corrected chi connectivity index (χ3v) is 1.55. The lowest BCUT2D eigenvalue weighted by atomic mass is 10.2. The molecule has 0 aromatic carbocycles. The Balaban J connectivity index is 0.000000223. The molecule has 0 saturated heterocycles. The van der Waals surface area contributed by atoms with Crippen LogP contribution in [0.25, 0.3) is 0 Å². The van der Waals surface area contributed by atoms with Crippen LogP contribution in [0.5, 0.6) is 0 Å². The van der Waals surface area contributed by atoms with Crippen LogP contribution in [0.2, 0.25) is 0 Å². The summed E-state index contributed by atoms with van der Waals surface area (Å²) in [6, 6.07) is 0. The Morgan fingerprint density at radius 3 is 1.46 bits per heavy atom. The summed E-state index contributed by atoms with van der Waals surface area (Å²) >= 11 is 0. The van der Waals surface area contributed by atoms with E-state index >= 15 is 0 Å². The summed E-state index contributed by atoms with van der Waals surface area (Å²) < 4.78 is 0. The van der Waals surface area contributed by atoms with Crippen LogP contribution in [0.3, 0.4) is 0 Å². The summed E-state index contributed by atoms with van der Waals surface area (Å²) in [6.07, 6.45) is 9.94. The van der Waals surface area contributed by atoms with Gasteiger partial charge < -0.3 is 0 Å². The minimum atomic E-state index is 1.36. The summed E-state index contributed by atoms with van der Waals surface area (Å²) in [5, 5.41) is 13.1. The molecule has 74 valence electrons. The Labute approximate surface area is 79.8 Å². The van der Waals surface area contributed by atoms with Crippen LogP contribution in [0.1, 0.15) is 46.0 Å². The normalized spacial score (nSPS) is 8.77. The van der Waals surface area contributed by atoms with Crippen LogP contribution in [0.4, 0.5) is 0 Å². The minimum Gasteiger partial charge on any atom is -0.136 e. The first-order valence-corrected chi connectivity index (χ1v) is 4.86. The van der Waals surface area contributed by atoms with Gasteiger partial charge in [0, 0.05) is 0 Å². The van der Waals surface area contributed by atoms with E-state index in [9.17, 15) is 0 Å². The summed E-state index contributed by atoms with van der Waals surface area (Å²) in [5.74, 6) is 0. The molecule has 0 fully saturated rings. The maximum absolute atomic E-state index is 3.36. The average Bonchev–Trinajstić information content (AvgIpc) is 2.22. The fourth-order valence-corrected chi connectivity index (χ4v) is 0.842. The number of aromatic nitrogens is 4. The molecule has 0 saturated carbocycles. The molecule has 0 amide bonds. The molecule has 1 aromatic rings. The van der Waals surface area contributed by atoms with Gasteiger partial charge in [0.05, 0.1) is 12.4 Å². The molecule has 1 rings (SSSR count). The van der Waals surface area contributed by atoms with E-state index < -0.39 is 0 Å². The van der Waals surface area contributed by atoms with E-state index in [1.807, 2.05) is 0 Å². The Morgan fingerprint density at radius 2 is 1.23 bits per heavy atom. The highest BCUT2D eigenvalue weighted by atomic mass is 15.4. The predicted molar refractivity (Wildman–Crippen MR) is 52.1 cm³/mol. The number of hydrogen-bond acceptors (Lipinski definition) is 4. The van der Waals surface area contributed by atoms with Crippen molar-refractivity contribution in [2.45, 2.75) is 46.0 Å². The molecule has 0 unspecified atom stereocenters. The summed E-state index contributed by atoms with van der Waals surface area (Å²) in [7, 11) is 0. The van der Waals surface area contributed by atoms with Crippen molar-refractivity contribution in [2.24, 2.45) is 0 Å². The molecule has 1 heterocycles. The zero-order chi connectivity index (χ0) is 9.78. The topological polar surface area (TPSA) is 51.6 Å². The lowest BCUT2D eigenvalue weighted by Crippen LogP contribution is -1.84. The van der Waals surface area contributed by atoms with Crippen molar-refractivity contribution in [3.8, 4) is 0 Å². The second-order valence-corrected chi connectivity index (χ2v) is 2.77. The van der Waals surface area contributed by atoms with Crippen molar-refractivity contribution in [3.63, 3.8) is 0 Å². The highest BCUT2D eigenvalue weighted by Crippen LogP contribution is 2.00. The number of unbranched alkanes of at least 4 members (excludes halogenated alkanes) is 4. The lowest BCUT2D eigenvalue weighted by molar-refractivity contribution is 0.656. The monoisotopic (exact) mass is 182 g/mol. The van der Waals surface area contributed by atoms with Gasteiger partial charge in [-0.1, -0.05) is 46.0 Å². The van der Waals surface area contributed by atoms with Gasteiger partial charge in [0.15, 0.2) is 0 Å². The van der Waals surface area contributed by atoms with Gasteiger partial charge in [-0.15, -0.1) is 10.2 Å². The Kier molecular flexibility index (Phi) is 10.0. The standard InChI is InChI=1S/C7H16.C2H2N4/c1-3-5-7-6-4-2;1-2-4-6-5-3-1/h3-7H2,1-2H3;1-2H. The number of hydrogen-bond donors (Lipinski definition) is 0. The second kappa shape index (κ2) is 10.9. The van der Waals surface area contributed by atoms with Crippen molar-refractivity contribution in [1.82, 2.24) is 20.6 Å². The molecule has 0 aliphatic rings. The van der Waals surface area contributed by atoms with Crippen LogP contribution in [0.15, 0.2) is 12.4 Å². The highest BCUT2D eigenvalue weighted by molar-refractivity contribution is 4.52. The zero-order valence-corrected chi connectivity index (χ0v) is 8.48. The summed E-state index contributed by atoms with van der Waals surface area (Å²) in [4.78, 5) is 0. The lowest BCUT2D eigenvalue weighted by Gasteiger charge is -1.90. The average molecular weight is 182 g/mol. The maximum atomic E-state index is 3.36. The fourth-order valence-electron chi connectivity index (χ4n) is 0.842. The smallest absolute Gasteiger partial charge is 0.0716 e. The van der Waals surface area contributed by atoms with E-state index in [1.165, 1.54) is 44.5 Å². The molecule has 0 bridgehead atoms. The van der Waals surface area contributed by atoms with Gasteiger partial charge in [-0.2, -0.15) is 0 Å². The van der Waals surface area contributed by atoms with Gasteiger partial charge in [-0.3, -0.25) is 0 Å². The van der Waals surface area contributed by atoms with Gasteiger partial charge in [0.1, 0.15) is 0 Å². The van der Waals surface area contributed by atoms with Gasteiger partial charge in [0.25, 0.3) is 0 Å². The van der Waals surface area contributed by atoms with E-state index in [2.05, 4.69) is 34.5 Å². The van der Waals surface area contributed by atoms with Crippen molar-refractivity contribution < 1.29 is 0 Å². The second-order valence-electron chi connectivity index (χ2n) is 2.77. The Bertz CT molecular complexity index is 136. The van der Waals surface area contributed by atoms with Gasteiger partial charge >= 0.3 is 0 Å². The van der Waals surface area contributed by atoms with Crippen molar-refractivity contribution >= 4 is 0 Å². The van der Waals surface area contributed by atoms with Crippen LogP contribution >= 0.6 is 0 Å². The summed E-state index contributed by atoms with van der Waals surface area (Å²) in [6.45, 7) is 4.49. The van der Waals surface area contributed by atoms with Crippen LogP contribution in [-0.4, -0.2) is 20.6 Å². The van der Waals surface area contributed by atoms with Crippen molar-refractivity contribution in [1.29, 1.82) is 0 Å². The molecule has 0 atom stereocenters.